The first kappa shape index (κ1) is 30.5. The van der Waals surface area contributed by atoms with E-state index < -0.39 is 23.8 Å². The van der Waals surface area contributed by atoms with Crippen LogP contribution in [0.15, 0.2) is 85.1 Å². The Kier molecular flexibility index (Phi) is 9.08. The summed E-state index contributed by atoms with van der Waals surface area (Å²) in [6.07, 6.45) is 1.31. The Morgan fingerprint density at radius 1 is 0.864 bits per heavy atom. The van der Waals surface area contributed by atoms with Crippen molar-refractivity contribution in [2.24, 2.45) is 5.92 Å². The lowest BCUT2D eigenvalue weighted by molar-refractivity contribution is -0.124. The van der Waals surface area contributed by atoms with Crippen molar-refractivity contribution in [2.75, 3.05) is 0 Å². The third-order valence-corrected chi connectivity index (χ3v) is 7.04. The van der Waals surface area contributed by atoms with Gasteiger partial charge in [0.15, 0.2) is 11.5 Å². The lowest BCUT2D eigenvalue weighted by Gasteiger charge is -2.26. The van der Waals surface area contributed by atoms with Crippen molar-refractivity contribution in [3.05, 3.63) is 102 Å². The topological polar surface area (TPSA) is 120 Å². The summed E-state index contributed by atoms with van der Waals surface area (Å²) in [5.41, 5.74) is 1.79. The van der Waals surface area contributed by atoms with Gasteiger partial charge >= 0.3 is 6.09 Å². The average Bonchev–Trinajstić information content (AvgIpc) is 3.43. The van der Waals surface area contributed by atoms with Gasteiger partial charge < -0.3 is 20.1 Å². The summed E-state index contributed by atoms with van der Waals surface area (Å²) in [5.74, 6) is 0.779. The molecule has 228 valence electrons. The summed E-state index contributed by atoms with van der Waals surface area (Å²) in [5, 5.41) is 21.1. The van der Waals surface area contributed by atoms with Gasteiger partial charge in [0.1, 0.15) is 24.0 Å². The first-order valence-corrected chi connectivity index (χ1v) is 14.7. The third kappa shape index (κ3) is 7.50. The number of carbonyl (C=O) groups is 2. The van der Waals surface area contributed by atoms with E-state index in [9.17, 15) is 9.59 Å². The summed E-state index contributed by atoms with van der Waals surface area (Å²) in [4.78, 5) is 26.7. The molecule has 0 saturated heterocycles. The van der Waals surface area contributed by atoms with Gasteiger partial charge in [-0.25, -0.2) is 4.79 Å². The Morgan fingerprint density at radius 3 is 2.27 bits per heavy atom. The van der Waals surface area contributed by atoms with Crippen molar-refractivity contribution in [1.29, 1.82) is 0 Å². The lowest BCUT2D eigenvalue weighted by Crippen LogP contribution is -2.50. The van der Waals surface area contributed by atoms with Crippen LogP contribution in [0.2, 0.25) is 0 Å². The molecule has 2 atom stereocenters. The number of nitrogens with one attached hydrogen (secondary N) is 2. The van der Waals surface area contributed by atoms with E-state index in [0.717, 1.165) is 21.9 Å². The number of nitrogens with zero attached hydrogens (tertiary/aromatic N) is 4. The van der Waals surface area contributed by atoms with Gasteiger partial charge in [0.25, 0.3) is 0 Å². The maximum absolute atomic E-state index is 13.8. The molecule has 0 saturated carbocycles. The molecular formula is C34H38N6O4. The summed E-state index contributed by atoms with van der Waals surface area (Å²) in [6.45, 7) is 9.74. The molecule has 0 spiro atoms. The van der Waals surface area contributed by atoms with Gasteiger partial charge in [0, 0.05) is 17.2 Å². The molecule has 5 aromatic rings. The number of fused-ring (bicyclic) bond motifs is 3. The number of rotatable bonds is 10. The zero-order valence-corrected chi connectivity index (χ0v) is 25.7. The Hall–Kier alpha value is -4.99. The number of hydrogen-bond acceptors (Lipinski definition) is 7. The van der Waals surface area contributed by atoms with Gasteiger partial charge in [0.05, 0.1) is 12.2 Å². The molecule has 10 heteroatoms. The molecular weight excluding hydrogens is 556 g/mol. The maximum Gasteiger partial charge on any atom is 0.408 e. The minimum absolute atomic E-state index is 0.0529. The second-order valence-corrected chi connectivity index (χ2v) is 12.1. The lowest BCUT2D eigenvalue weighted by atomic mass is 10.0. The second-order valence-electron chi connectivity index (χ2n) is 12.1. The van der Waals surface area contributed by atoms with Crippen molar-refractivity contribution in [1.82, 2.24) is 30.4 Å². The van der Waals surface area contributed by atoms with E-state index in [2.05, 4.69) is 25.9 Å². The SMILES string of the molecule is CC(C)C(NC(=O)C(Cc1ccc(OCc2ccccc2)cc1)NC(=O)OC(C)(C)C)c1nnc2c3ccccc3cnn12. The molecule has 0 fully saturated rings. The molecule has 2 N–H and O–H groups in total. The molecule has 0 aliphatic carbocycles. The number of aromatic nitrogens is 4. The van der Waals surface area contributed by atoms with E-state index in [0.29, 0.717) is 23.8 Å². The van der Waals surface area contributed by atoms with E-state index in [1.54, 1.807) is 31.5 Å². The number of amides is 2. The highest BCUT2D eigenvalue weighted by atomic mass is 16.6. The number of alkyl carbamates (subject to hydrolysis) is 1. The molecule has 2 aromatic heterocycles. The first-order valence-electron chi connectivity index (χ1n) is 14.7. The summed E-state index contributed by atoms with van der Waals surface area (Å²) in [7, 11) is 0. The highest BCUT2D eigenvalue weighted by molar-refractivity contribution is 5.93. The molecule has 3 aromatic carbocycles. The van der Waals surface area contributed by atoms with Gasteiger partial charge in [-0.2, -0.15) is 9.61 Å². The van der Waals surface area contributed by atoms with Crippen LogP contribution < -0.4 is 15.4 Å². The van der Waals surface area contributed by atoms with Crippen LogP contribution in [0, 0.1) is 5.92 Å². The van der Waals surface area contributed by atoms with E-state index in [1.807, 2.05) is 92.7 Å². The molecule has 0 radical (unpaired) electrons. The van der Waals surface area contributed by atoms with E-state index in [-0.39, 0.29) is 18.2 Å². The number of carbonyl (C=O) groups excluding carboxylic acids is 2. The fourth-order valence-electron chi connectivity index (χ4n) is 4.84. The maximum atomic E-state index is 13.8. The fraction of sp³-hybridized carbons (Fsp3) is 0.324. The smallest absolute Gasteiger partial charge is 0.408 e. The van der Waals surface area contributed by atoms with E-state index in [4.69, 9.17) is 9.47 Å². The number of benzene rings is 3. The minimum Gasteiger partial charge on any atom is -0.489 e. The van der Waals surface area contributed by atoms with Crippen LogP contribution >= 0.6 is 0 Å². The Morgan fingerprint density at radius 2 is 1.57 bits per heavy atom. The van der Waals surface area contributed by atoms with Crippen molar-refractivity contribution >= 4 is 28.4 Å². The highest BCUT2D eigenvalue weighted by Crippen LogP contribution is 2.24. The molecule has 0 aliphatic heterocycles. The standard InChI is InChI=1S/C34H38N6O4/c1-22(2)29(31-39-38-30-27-14-10-9-13-25(27)20-35-40(30)31)37-32(41)28(36-33(42)44-34(3,4)5)19-23-15-17-26(18-16-23)43-21-24-11-7-6-8-12-24/h6-18,20,22,28-29H,19,21H2,1-5H3,(H,36,42)(H,37,41). The predicted octanol–water partition coefficient (Wildman–Crippen LogP) is 5.81. The average molecular weight is 595 g/mol. The fourth-order valence-corrected chi connectivity index (χ4v) is 4.84. The monoisotopic (exact) mass is 594 g/mol. The molecule has 10 nitrogen and oxygen atoms in total. The zero-order valence-electron chi connectivity index (χ0n) is 25.7. The van der Waals surface area contributed by atoms with Crippen molar-refractivity contribution < 1.29 is 19.1 Å². The van der Waals surface area contributed by atoms with Gasteiger partial charge in [0.2, 0.25) is 5.91 Å². The highest BCUT2D eigenvalue weighted by Gasteiger charge is 2.30. The Balaban J connectivity index is 1.35. The van der Waals surface area contributed by atoms with Crippen LogP contribution in [0.1, 0.15) is 57.6 Å². The summed E-state index contributed by atoms with van der Waals surface area (Å²) in [6, 6.07) is 23.8. The molecule has 0 aliphatic rings. The van der Waals surface area contributed by atoms with Crippen LogP contribution in [0.3, 0.4) is 0 Å². The minimum atomic E-state index is -0.921. The van der Waals surface area contributed by atoms with Gasteiger partial charge in [-0.1, -0.05) is 80.6 Å². The van der Waals surface area contributed by atoms with Crippen molar-refractivity contribution in [2.45, 2.75) is 65.3 Å². The van der Waals surface area contributed by atoms with E-state index >= 15 is 0 Å². The van der Waals surface area contributed by atoms with Gasteiger partial charge in [-0.05, 0) is 49.9 Å². The van der Waals surface area contributed by atoms with Gasteiger partial charge in [-0.15, -0.1) is 10.2 Å². The quantitative estimate of drug-likeness (QED) is 0.210. The predicted molar refractivity (Wildman–Crippen MR) is 168 cm³/mol. The van der Waals surface area contributed by atoms with Crippen LogP contribution in [0.4, 0.5) is 4.79 Å². The van der Waals surface area contributed by atoms with Crippen LogP contribution in [-0.4, -0.2) is 43.5 Å². The Labute approximate surface area is 256 Å². The summed E-state index contributed by atoms with van der Waals surface area (Å²) >= 11 is 0. The van der Waals surface area contributed by atoms with Crippen LogP contribution in [0.25, 0.3) is 16.4 Å². The normalized spacial score (nSPS) is 13.0. The second kappa shape index (κ2) is 13.1. The molecule has 5 rings (SSSR count). The third-order valence-electron chi connectivity index (χ3n) is 7.04. The number of ether oxygens (including phenoxy) is 2. The molecule has 0 bridgehead atoms. The van der Waals surface area contributed by atoms with Crippen molar-refractivity contribution in [3.8, 4) is 5.75 Å². The Bertz CT molecular complexity index is 1730. The van der Waals surface area contributed by atoms with E-state index in [1.165, 1.54) is 0 Å². The van der Waals surface area contributed by atoms with Crippen molar-refractivity contribution in [3.63, 3.8) is 0 Å². The summed E-state index contributed by atoms with van der Waals surface area (Å²) < 4.78 is 13.1. The van der Waals surface area contributed by atoms with Crippen LogP contribution in [-0.2, 0) is 22.6 Å². The first-order chi connectivity index (χ1) is 21.1. The molecule has 2 amide bonds. The molecule has 44 heavy (non-hydrogen) atoms. The largest absolute Gasteiger partial charge is 0.489 e. The molecule has 2 heterocycles. The zero-order chi connectivity index (χ0) is 31.3. The number of hydrogen-bond donors (Lipinski definition) is 2. The van der Waals surface area contributed by atoms with Crippen LogP contribution in [0.5, 0.6) is 5.75 Å². The van der Waals surface area contributed by atoms with Gasteiger partial charge in [-0.3, -0.25) is 4.79 Å². The molecule has 2 unspecified atom stereocenters.